The van der Waals surface area contributed by atoms with Crippen molar-refractivity contribution in [1.29, 1.82) is 0 Å². The molecule has 0 radical (unpaired) electrons. The summed E-state index contributed by atoms with van der Waals surface area (Å²) in [7, 11) is 3.86. The molecule has 0 amide bonds. The molecule has 0 saturated carbocycles. The maximum atomic E-state index is 5.50. The molecule has 0 spiro atoms. The molecule has 0 bridgehead atoms. The van der Waals surface area contributed by atoms with Gasteiger partial charge in [0, 0.05) is 28.6 Å². The van der Waals surface area contributed by atoms with Gasteiger partial charge in [-0.25, -0.2) is 0 Å². The fourth-order valence-corrected chi connectivity index (χ4v) is 3.95. The van der Waals surface area contributed by atoms with Gasteiger partial charge >= 0.3 is 0 Å². The van der Waals surface area contributed by atoms with Crippen molar-refractivity contribution in [3.05, 3.63) is 28.4 Å². The van der Waals surface area contributed by atoms with E-state index >= 15 is 0 Å². The number of nitrogens with one attached hydrogen (secondary N) is 1. The summed E-state index contributed by atoms with van der Waals surface area (Å²) >= 11 is 3.79. The molecule has 0 aliphatic carbocycles. The van der Waals surface area contributed by atoms with Crippen LogP contribution in [0.1, 0.15) is 31.0 Å². The third-order valence-electron chi connectivity index (χ3n) is 4.02. The third kappa shape index (κ3) is 2.07. The molecule has 3 nitrogen and oxygen atoms in total. The summed E-state index contributed by atoms with van der Waals surface area (Å²) in [6, 6.07) is 6.65. The fraction of sp³-hybridized carbons (Fsp3) is 0.467. The van der Waals surface area contributed by atoms with E-state index in [0.29, 0.717) is 6.04 Å². The number of nitrogens with zero attached hydrogens (tertiary/aromatic N) is 1. The first kappa shape index (κ1) is 13.0. The van der Waals surface area contributed by atoms with Gasteiger partial charge in [0.05, 0.1) is 12.6 Å². The van der Waals surface area contributed by atoms with Gasteiger partial charge in [-0.1, -0.05) is 18.6 Å². The zero-order chi connectivity index (χ0) is 13.4. The Hall–Kier alpha value is -1.00. The summed E-state index contributed by atoms with van der Waals surface area (Å²) in [4.78, 5) is 0. The number of rotatable bonds is 2. The number of fused-ring (bicyclic) bond motifs is 1. The fourth-order valence-electron chi connectivity index (χ4n) is 3.09. The Bertz CT molecular complexity index is 600. The average molecular weight is 323 g/mol. The lowest BCUT2D eigenvalue weighted by Crippen LogP contribution is -2.28. The van der Waals surface area contributed by atoms with Gasteiger partial charge in [0.1, 0.15) is 5.75 Å². The van der Waals surface area contributed by atoms with Crippen LogP contribution in [0.2, 0.25) is 0 Å². The number of para-hydroxylation sites is 1. The van der Waals surface area contributed by atoms with Crippen molar-refractivity contribution in [2.45, 2.75) is 25.3 Å². The predicted molar refractivity (Wildman–Crippen MR) is 81.8 cm³/mol. The molecule has 2 aromatic rings. The van der Waals surface area contributed by atoms with Crippen molar-refractivity contribution in [3.8, 4) is 5.75 Å². The molecule has 1 aliphatic heterocycles. The zero-order valence-corrected chi connectivity index (χ0v) is 13.0. The molecule has 4 heteroatoms. The van der Waals surface area contributed by atoms with E-state index in [9.17, 15) is 0 Å². The zero-order valence-electron chi connectivity index (χ0n) is 11.4. The Labute approximate surface area is 122 Å². The van der Waals surface area contributed by atoms with Gasteiger partial charge in [0.2, 0.25) is 0 Å². The molecule has 1 fully saturated rings. The molecule has 1 saturated heterocycles. The molecular formula is C15H19BrN2O. The summed E-state index contributed by atoms with van der Waals surface area (Å²) in [5, 5.41) is 4.85. The number of aromatic nitrogens is 1. The van der Waals surface area contributed by atoms with Gasteiger partial charge in [-0.3, -0.25) is 0 Å². The van der Waals surface area contributed by atoms with Crippen LogP contribution in [0.5, 0.6) is 5.75 Å². The highest BCUT2D eigenvalue weighted by atomic mass is 79.9. The van der Waals surface area contributed by atoms with E-state index in [1.165, 1.54) is 40.3 Å². The average Bonchev–Trinajstić information content (AvgIpc) is 2.72. The predicted octanol–water partition coefficient (Wildman–Crippen LogP) is 3.76. The summed E-state index contributed by atoms with van der Waals surface area (Å²) in [6.07, 6.45) is 3.77. The van der Waals surface area contributed by atoms with Crippen LogP contribution >= 0.6 is 15.9 Å². The molecule has 2 heterocycles. The standard InChI is InChI=1S/C15H19BrN2O/c1-18-14-10(6-5-8-12(14)19-2)13(16)15(18)11-7-3-4-9-17-11/h5-6,8,11,17H,3-4,7,9H2,1-2H3. The molecule has 1 N–H and O–H groups in total. The van der Waals surface area contributed by atoms with Crippen LogP contribution in [-0.2, 0) is 7.05 Å². The molecule has 1 aromatic heterocycles. The Morgan fingerprint density at radius 1 is 1.37 bits per heavy atom. The number of halogens is 1. The van der Waals surface area contributed by atoms with Crippen LogP contribution in [0, 0.1) is 0 Å². The van der Waals surface area contributed by atoms with Crippen LogP contribution in [-0.4, -0.2) is 18.2 Å². The van der Waals surface area contributed by atoms with Crippen molar-refractivity contribution >= 4 is 26.8 Å². The topological polar surface area (TPSA) is 26.2 Å². The lowest BCUT2D eigenvalue weighted by molar-refractivity contribution is 0.396. The highest BCUT2D eigenvalue weighted by molar-refractivity contribution is 9.10. The van der Waals surface area contributed by atoms with Crippen molar-refractivity contribution in [2.24, 2.45) is 7.05 Å². The van der Waals surface area contributed by atoms with Gasteiger partial charge in [-0.05, 0) is 41.4 Å². The molecule has 3 rings (SSSR count). The SMILES string of the molecule is COc1cccc2c(Br)c(C3CCCCN3)n(C)c12. The second kappa shape index (κ2) is 5.17. The maximum Gasteiger partial charge on any atom is 0.143 e. The summed E-state index contributed by atoms with van der Waals surface area (Å²) in [5.41, 5.74) is 2.50. The van der Waals surface area contributed by atoms with Crippen molar-refractivity contribution < 1.29 is 4.74 Å². The molecule has 1 aromatic carbocycles. The number of aryl methyl sites for hydroxylation is 1. The van der Waals surface area contributed by atoms with Gasteiger partial charge in [0.15, 0.2) is 0 Å². The number of hydrogen-bond donors (Lipinski definition) is 1. The minimum atomic E-state index is 0.435. The van der Waals surface area contributed by atoms with Crippen molar-refractivity contribution in [2.75, 3.05) is 13.7 Å². The first-order valence-electron chi connectivity index (χ1n) is 6.78. The van der Waals surface area contributed by atoms with E-state index in [0.717, 1.165) is 12.3 Å². The smallest absolute Gasteiger partial charge is 0.143 e. The second-order valence-electron chi connectivity index (χ2n) is 5.12. The first-order chi connectivity index (χ1) is 9.24. The number of benzene rings is 1. The molecule has 1 aliphatic rings. The first-order valence-corrected chi connectivity index (χ1v) is 7.57. The van der Waals surface area contributed by atoms with Crippen LogP contribution in [0.4, 0.5) is 0 Å². The Morgan fingerprint density at radius 3 is 2.89 bits per heavy atom. The van der Waals surface area contributed by atoms with E-state index in [4.69, 9.17) is 4.74 Å². The summed E-state index contributed by atoms with van der Waals surface area (Å²) in [5.74, 6) is 0.933. The normalized spacial score (nSPS) is 19.8. The highest BCUT2D eigenvalue weighted by Gasteiger charge is 2.24. The largest absolute Gasteiger partial charge is 0.495 e. The van der Waals surface area contributed by atoms with Gasteiger partial charge in [-0.2, -0.15) is 0 Å². The molecule has 102 valence electrons. The van der Waals surface area contributed by atoms with E-state index in [-0.39, 0.29) is 0 Å². The second-order valence-corrected chi connectivity index (χ2v) is 5.91. The van der Waals surface area contributed by atoms with Crippen molar-refractivity contribution in [3.63, 3.8) is 0 Å². The number of ether oxygens (including phenoxy) is 1. The van der Waals surface area contributed by atoms with Crippen LogP contribution in [0.3, 0.4) is 0 Å². The molecule has 1 atom stereocenters. The monoisotopic (exact) mass is 322 g/mol. The Morgan fingerprint density at radius 2 is 2.21 bits per heavy atom. The maximum absolute atomic E-state index is 5.50. The Balaban J connectivity index is 2.19. The number of methoxy groups -OCH3 is 1. The molecule has 19 heavy (non-hydrogen) atoms. The summed E-state index contributed by atoms with van der Waals surface area (Å²) in [6.45, 7) is 1.11. The molecule has 1 unspecified atom stereocenters. The van der Waals surface area contributed by atoms with Gasteiger partial charge < -0.3 is 14.6 Å². The number of hydrogen-bond acceptors (Lipinski definition) is 2. The van der Waals surface area contributed by atoms with Crippen LogP contribution < -0.4 is 10.1 Å². The van der Waals surface area contributed by atoms with Gasteiger partial charge in [0.25, 0.3) is 0 Å². The van der Waals surface area contributed by atoms with Crippen molar-refractivity contribution in [1.82, 2.24) is 9.88 Å². The lowest BCUT2D eigenvalue weighted by atomic mass is 10.0. The van der Waals surface area contributed by atoms with Crippen LogP contribution in [0.25, 0.3) is 10.9 Å². The van der Waals surface area contributed by atoms with E-state index in [1.54, 1.807) is 7.11 Å². The van der Waals surface area contributed by atoms with Crippen LogP contribution in [0.15, 0.2) is 22.7 Å². The molecular weight excluding hydrogens is 304 g/mol. The van der Waals surface area contributed by atoms with E-state index in [1.807, 2.05) is 12.1 Å². The number of piperidine rings is 1. The minimum absolute atomic E-state index is 0.435. The highest BCUT2D eigenvalue weighted by Crippen LogP contribution is 2.39. The summed E-state index contributed by atoms with van der Waals surface area (Å²) < 4.78 is 8.96. The lowest BCUT2D eigenvalue weighted by Gasteiger charge is -2.24. The van der Waals surface area contributed by atoms with Gasteiger partial charge in [-0.15, -0.1) is 0 Å². The third-order valence-corrected chi connectivity index (χ3v) is 4.85. The van der Waals surface area contributed by atoms with E-state index in [2.05, 4.69) is 38.9 Å². The Kier molecular flexibility index (Phi) is 3.54. The quantitative estimate of drug-likeness (QED) is 0.911. The minimum Gasteiger partial charge on any atom is -0.495 e. The van der Waals surface area contributed by atoms with E-state index < -0.39 is 0 Å².